The molecular formula is C17H17Cl2NO3S. The largest absolute Gasteiger partial charge is 0.325 e. The Balaban J connectivity index is 1.84. The normalized spacial score (nSPS) is 11.2. The van der Waals surface area contributed by atoms with Crippen LogP contribution >= 0.6 is 23.2 Å². The predicted molar refractivity (Wildman–Crippen MR) is 98.5 cm³/mol. The van der Waals surface area contributed by atoms with Gasteiger partial charge in [-0.1, -0.05) is 53.5 Å². The van der Waals surface area contributed by atoms with Gasteiger partial charge in [-0.3, -0.25) is 4.79 Å². The third kappa shape index (κ3) is 6.15. The molecule has 1 N–H and O–H groups in total. The topological polar surface area (TPSA) is 63.2 Å². The maximum absolute atomic E-state index is 12.0. The molecule has 4 nitrogen and oxygen atoms in total. The van der Waals surface area contributed by atoms with Crippen LogP contribution in [0.5, 0.6) is 0 Å². The number of nitrogens with one attached hydrogen (secondary N) is 1. The van der Waals surface area contributed by atoms with E-state index >= 15 is 0 Å². The van der Waals surface area contributed by atoms with Gasteiger partial charge in [0.25, 0.3) is 0 Å². The molecule has 0 spiro atoms. The van der Waals surface area contributed by atoms with Crippen LogP contribution < -0.4 is 5.32 Å². The van der Waals surface area contributed by atoms with Crippen LogP contribution in [0.2, 0.25) is 10.0 Å². The highest BCUT2D eigenvalue weighted by Gasteiger charge is 2.17. The van der Waals surface area contributed by atoms with Gasteiger partial charge in [0, 0.05) is 5.69 Å². The van der Waals surface area contributed by atoms with Crippen molar-refractivity contribution in [2.75, 3.05) is 16.8 Å². The molecule has 7 heteroatoms. The zero-order valence-electron chi connectivity index (χ0n) is 12.8. The van der Waals surface area contributed by atoms with Crippen LogP contribution in [0.3, 0.4) is 0 Å². The lowest BCUT2D eigenvalue weighted by atomic mass is 10.1. The molecule has 0 aromatic heterocycles. The van der Waals surface area contributed by atoms with Crippen molar-refractivity contribution in [3.8, 4) is 0 Å². The SMILES string of the molecule is O=C(CS(=O)(=O)CCCc1ccccc1)Nc1ccc(Cl)c(Cl)c1. The number of halogens is 2. The lowest BCUT2D eigenvalue weighted by Gasteiger charge is -2.07. The number of hydrogen-bond donors (Lipinski definition) is 1. The van der Waals surface area contributed by atoms with Crippen molar-refractivity contribution in [2.45, 2.75) is 12.8 Å². The number of sulfone groups is 1. The lowest BCUT2D eigenvalue weighted by molar-refractivity contribution is -0.113. The summed E-state index contributed by atoms with van der Waals surface area (Å²) in [6.07, 6.45) is 1.14. The van der Waals surface area contributed by atoms with Crippen molar-refractivity contribution >= 4 is 44.6 Å². The number of anilines is 1. The Bertz CT molecular complexity index is 808. The van der Waals surface area contributed by atoms with Crippen LogP contribution in [-0.4, -0.2) is 25.8 Å². The quantitative estimate of drug-likeness (QED) is 0.783. The monoisotopic (exact) mass is 385 g/mol. The van der Waals surface area contributed by atoms with Gasteiger partial charge in [-0.2, -0.15) is 0 Å². The average molecular weight is 386 g/mol. The minimum atomic E-state index is -3.46. The summed E-state index contributed by atoms with van der Waals surface area (Å²) in [5.74, 6) is -1.17. The summed E-state index contributed by atoms with van der Waals surface area (Å²) < 4.78 is 24.1. The van der Waals surface area contributed by atoms with Crippen molar-refractivity contribution in [1.29, 1.82) is 0 Å². The maximum Gasteiger partial charge on any atom is 0.239 e. The van der Waals surface area contributed by atoms with Crippen LogP contribution in [0.4, 0.5) is 5.69 Å². The minimum absolute atomic E-state index is 0.0311. The van der Waals surface area contributed by atoms with Crippen molar-refractivity contribution < 1.29 is 13.2 Å². The second-order valence-electron chi connectivity index (χ2n) is 5.36. The summed E-state index contributed by atoms with van der Waals surface area (Å²) in [7, 11) is -3.46. The molecular weight excluding hydrogens is 369 g/mol. The van der Waals surface area contributed by atoms with Gasteiger partial charge in [-0.15, -0.1) is 0 Å². The fourth-order valence-electron chi connectivity index (χ4n) is 2.18. The first-order valence-electron chi connectivity index (χ1n) is 7.35. The average Bonchev–Trinajstić information content (AvgIpc) is 2.51. The lowest BCUT2D eigenvalue weighted by Crippen LogP contribution is -2.24. The molecule has 0 unspecified atom stereocenters. The molecule has 0 saturated carbocycles. The third-order valence-corrected chi connectivity index (χ3v) is 5.67. The Morgan fingerprint density at radius 3 is 2.38 bits per heavy atom. The van der Waals surface area contributed by atoms with E-state index in [2.05, 4.69) is 5.32 Å². The van der Waals surface area contributed by atoms with E-state index in [0.29, 0.717) is 28.6 Å². The Kier molecular flexibility index (Phi) is 6.66. The van der Waals surface area contributed by atoms with Gasteiger partial charge in [0.05, 0.1) is 15.8 Å². The van der Waals surface area contributed by atoms with Crippen LogP contribution in [0.1, 0.15) is 12.0 Å². The second kappa shape index (κ2) is 8.51. The number of carbonyl (C=O) groups excluding carboxylic acids is 1. The summed E-state index contributed by atoms with van der Waals surface area (Å²) in [5, 5.41) is 3.17. The van der Waals surface area contributed by atoms with Crippen molar-refractivity contribution in [1.82, 2.24) is 0 Å². The molecule has 1 amide bonds. The summed E-state index contributed by atoms with van der Waals surface area (Å²) in [6.45, 7) is 0. The minimum Gasteiger partial charge on any atom is -0.325 e. The molecule has 128 valence electrons. The molecule has 2 rings (SSSR count). The van der Waals surface area contributed by atoms with Crippen LogP contribution in [0, 0.1) is 0 Å². The fourth-order valence-corrected chi connectivity index (χ4v) is 3.68. The molecule has 2 aromatic rings. The van der Waals surface area contributed by atoms with Crippen molar-refractivity contribution in [3.63, 3.8) is 0 Å². The Morgan fingerprint density at radius 2 is 1.71 bits per heavy atom. The van der Waals surface area contributed by atoms with Gasteiger partial charge in [0.15, 0.2) is 9.84 Å². The molecule has 2 aromatic carbocycles. The molecule has 0 aliphatic carbocycles. The number of hydrogen-bond acceptors (Lipinski definition) is 3. The highest BCUT2D eigenvalue weighted by molar-refractivity contribution is 7.92. The zero-order valence-corrected chi connectivity index (χ0v) is 15.2. The van der Waals surface area contributed by atoms with Gasteiger partial charge < -0.3 is 5.32 Å². The van der Waals surface area contributed by atoms with Gasteiger partial charge in [0.2, 0.25) is 5.91 Å². The van der Waals surface area contributed by atoms with Crippen LogP contribution in [-0.2, 0) is 21.1 Å². The van der Waals surface area contributed by atoms with E-state index in [1.165, 1.54) is 12.1 Å². The Hall–Kier alpha value is -1.56. The van der Waals surface area contributed by atoms with E-state index in [1.54, 1.807) is 6.07 Å². The summed E-state index contributed by atoms with van der Waals surface area (Å²) >= 11 is 11.6. The summed E-state index contributed by atoms with van der Waals surface area (Å²) in [6, 6.07) is 14.2. The van der Waals surface area contributed by atoms with Crippen LogP contribution in [0.15, 0.2) is 48.5 Å². The summed E-state index contributed by atoms with van der Waals surface area (Å²) in [4.78, 5) is 11.9. The molecule has 0 bridgehead atoms. The Labute approximate surface area is 151 Å². The van der Waals surface area contributed by atoms with Gasteiger partial charge in [-0.05, 0) is 36.6 Å². The fraction of sp³-hybridized carbons (Fsp3) is 0.235. The van der Waals surface area contributed by atoms with E-state index in [1.807, 2.05) is 30.3 Å². The molecule has 0 aliphatic rings. The predicted octanol–water partition coefficient (Wildman–Crippen LogP) is 3.98. The molecule has 0 atom stereocenters. The highest BCUT2D eigenvalue weighted by Crippen LogP contribution is 2.24. The van der Waals surface area contributed by atoms with E-state index in [0.717, 1.165) is 5.56 Å². The van der Waals surface area contributed by atoms with Crippen LogP contribution in [0.25, 0.3) is 0 Å². The Morgan fingerprint density at radius 1 is 1.00 bits per heavy atom. The molecule has 0 heterocycles. The van der Waals surface area contributed by atoms with Gasteiger partial charge >= 0.3 is 0 Å². The smallest absolute Gasteiger partial charge is 0.239 e. The van der Waals surface area contributed by atoms with Crippen molar-refractivity contribution in [2.24, 2.45) is 0 Å². The first-order chi connectivity index (χ1) is 11.4. The molecule has 24 heavy (non-hydrogen) atoms. The maximum atomic E-state index is 12.0. The van der Waals surface area contributed by atoms with Crippen molar-refractivity contribution in [3.05, 3.63) is 64.1 Å². The van der Waals surface area contributed by atoms with Gasteiger partial charge in [0.1, 0.15) is 5.75 Å². The standard InChI is InChI=1S/C17H17Cl2NO3S/c18-15-9-8-14(11-16(15)19)20-17(21)12-24(22,23)10-4-7-13-5-2-1-3-6-13/h1-3,5-6,8-9,11H,4,7,10,12H2,(H,20,21). The number of carbonyl (C=O) groups is 1. The van der Waals surface area contributed by atoms with Gasteiger partial charge in [-0.25, -0.2) is 8.42 Å². The third-order valence-electron chi connectivity index (χ3n) is 3.32. The van der Waals surface area contributed by atoms with E-state index < -0.39 is 21.5 Å². The zero-order chi connectivity index (χ0) is 17.6. The van der Waals surface area contributed by atoms with E-state index in [9.17, 15) is 13.2 Å². The number of amides is 1. The second-order valence-corrected chi connectivity index (χ2v) is 8.36. The highest BCUT2D eigenvalue weighted by atomic mass is 35.5. The summed E-state index contributed by atoms with van der Waals surface area (Å²) in [5.41, 5.74) is 1.49. The first-order valence-corrected chi connectivity index (χ1v) is 9.93. The molecule has 0 saturated heterocycles. The molecule has 0 fully saturated rings. The van der Waals surface area contributed by atoms with E-state index in [4.69, 9.17) is 23.2 Å². The number of benzene rings is 2. The number of aryl methyl sites for hydroxylation is 1. The molecule has 0 radical (unpaired) electrons. The first kappa shape index (κ1) is 18.8. The molecule has 0 aliphatic heterocycles. The van der Waals surface area contributed by atoms with E-state index in [-0.39, 0.29) is 5.75 Å². The number of rotatable bonds is 7.